The Hall–Kier alpha value is -4.54. The lowest BCUT2D eigenvalue weighted by Crippen LogP contribution is -2.29. The molecule has 0 aromatic heterocycles. The Morgan fingerprint density at radius 1 is 0.917 bits per heavy atom. The van der Waals surface area contributed by atoms with Crippen LogP contribution in [-0.2, 0) is 31.9 Å². The molecule has 1 unspecified atom stereocenters. The first-order valence-electron chi connectivity index (χ1n) is 14.7. The second kappa shape index (κ2) is 15.6. The average Bonchev–Trinajstić information content (AvgIpc) is 3.61. The summed E-state index contributed by atoms with van der Waals surface area (Å²) in [5.41, 5.74) is 2.19. The molecule has 1 atom stereocenters. The van der Waals surface area contributed by atoms with Crippen molar-refractivity contribution in [2.24, 2.45) is 0 Å². The molecule has 0 spiro atoms. The first-order chi connectivity index (χ1) is 22.8. The Kier molecular flexibility index (Phi) is 11.8. The van der Waals surface area contributed by atoms with Crippen molar-refractivity contribution < 1.29 is 61.1 Å². The number of rotatable bonds is 13. The van der Waals surface area contributed by atoms with E-state index in [-0.39, 0.29) is 18.8 Å². The number of fused-ring (bicyclic) bond motifs is 1. The van der Waals surface area contributed by atoms with Gasteiger partial charge in [-0.15, -0.1) is 0 Å². The maximum Gasteiger partial charge on any atom is 0.342 e. The van der Waals surface area contributed by atoms with Gasteiger partial charge in [0.25, 0.3) is 15.9 Å². The Balaban J connectivity index is 0.000000671. The van der Waals surface area contributed by atoms with Crippen LogP contribution in [0, 0.1) is 0 Å². The van der Waals surface area contributed by atoms with Crippen LogP contribution in [0.2, 0.25) is 0 Å². The molecule has 5 rings (SSSR count). The highest BCUT2D eigenvalue weighted by molar-refractivity contribution is 7.85. The van der Waals surface area contributed by atoms with Crippen molar-refractivity contribution in [1.29, 1.82) is 0 Å². The molecule has 2 aliphatic rings. The van der Waals surface area contributed by atoms with E-state index in [1.54, 1.807) is 69.9 Å². The quantitative estimate of drug-likeness (QED) is 0.176. The minimum absolute atomic E-state index is 0.0904. The zero-order valence-electron chi connectivity index (χ0n) is 27.2. The highest BCUT2D eigenvalue weighted by Gasteiger charge is 2.48. The number of benzene rings is 3. The van der Waals surface area contributed by atoms with Crippen LogP contribution < -0.4 is 28.4 Å². The Morgan fingerprint density at radius 3 is 2.19 bits per heavy atom. The van der Waals surface area contributed by atoms with E-state index >= 15 is 0 Å². The van der Waals surface area contributed by atoms with Crippen LogP contribution in [0.5, 0.6) is 34.5 Å². The zero-order valence-corrected chi connectivity index (χ0v) is 28.0. The molecule has 260 valence electrons. The summed E-state index contributed by atoms with van der Waals surface area (Å²) in [6, 6.07) is 15.5. The first kappa shape index (κ1) is 36.3. The van der Waals surface area contributed by atoms with Crippen LogP contribution in [0.25, 0.3) is 5.57 Å². The lowest BCUT2D eigenvalue weighted by Gasteiger charge is -2.26. The molecule has 48 heavy (non-hydrogen) atoms. The molecule has 0 aliphatic carbocycles. The Bertz CT molecular complexity index is 1740. The maximum absolute atomic E-state index is 13.5. The molecule has 0 saturated heterocycles. The fourth-order valence-corrected chi connectivity index (χ4v) is 5.22. The molecule has 3 aromatic rings. The van der Waals surface area contributed by atoms with Crippen LogP contribution >= 0.6 is 0 Å². The van der Waals surface area contributed by atoms with E-state index < -0.39 is 34.2 Å². The smallest absolute Gasteiger partial charge is 0.342 e. The molecule has 0 radical (unpaired) electrons. The predicted molar refractivity (Wildman–Crippen MR) is 173 cm³/mol. The molecule has 15 heteroatoms. The largest absolute Gasteiger partial charge is 0.497 e. The molecule has 14 nitrogen and oxygen atoms in total. The van der Waals surface area contributed by atoms with Gasteiger partial charge in [0, 0.05) is 24.1 Å². The lowest BCUT2D eigenvalue weighted by atomic mass is 9.88. The minimum Gasteiger partial charge on any atom is -0.497 e. The second-order valence-corrected chi connectivity index (χ2v) is 12.4. The number of aliphatic hydroxyl groups is 2. The minimum atomic E-state index is -3.92. The van der Waals surface area contributed by atoms with Crippen LogP contribution in [-0.4, -0.2) is 102 Å². The van der Waals surface area contributed by atoms with Gasteiger partial charge >= 0.3 is 5.97 Å². The summed E-state index contributed by atoms with van der Waals surface area (Å²) < 4.78 is 66.4. The molecule has 0 fully saturated rings. The summed E-state index contributed by atoms with van der Waals surface area (Å²) in [4.78, 5) is 15.5. The number of hydrogen-bond acceptors (Lipinski definition) is 13. The average molecular weight is 690 g/mol. The number of methoxy groups -OCH3 is 3. The number of nitrogens with zero attached hydrogens (tertiary/aromatic N) is 1. The van der Waals surface area contributed by atoms with E-state index in [4.69, 9.17) is 42.8 Å². The molecule has 0 saturated carbocycles. The van der Waals surface area contributed by atoms with Gasteiger partial charge < -0.3 is 48.3 Å². The third-order valence-corrected chi connectivity index (χ3v) is 8.03. The van der Waals surface area contributed by atoms with Gasteiger partial charge in [-0.25, -0.2) is 4.79 Å². The number of carbonyl (C=O) groups is 1. The predicted octanol–water partition coefficient (Wildman–Crippen LogP) is 2.65. The number of hydrogen-bond donors (Lipinski definition) is 3. The van der Waals surface area contributed by atoms with E-state index in [1.165, 1.54) is 0 Å². The molecule has 3 aromatic carbocycles. The van der Waals surface area contributed by atoms with Crippen molar-refractivity contribution in [3.05, 3.63) is 76.9 Å². The fraction of sp³-hybridized carbons (Fsp3) is 0.364. The number of ether oxygens (including phenoxy) is 7. The number of esters is 1. The SMILES string of the molecule is COc1ccc(C2(O)OC(=O)C(c3ccc4c(c3)OCO4)=C2Cc2cc(OC)c(OC)c(OCCN(C)C)c2)cc1.O=S(=O)(O)CCO. The van der Waals surface area contributed by atoms with Crippen LogP contribution in [0.15, 0.2) is 60.2 Å². The lowest BCUT2D eigenvalue weighted by molar-refractivity contribution is -0.185. The third-order valence-electron chi connectivity index (χ3n) is 7.33. The number of aliphatic hydroxyl groups excluding tert-OH is 1. The van der Waals surface area contributed by atoms with Crippen LogP contribution in [0.4, 0.5) is 0 Å². The number of carbonyl (C=O) groups excluding carboxylic acids is 1. The van der Waals surface area contributed by atoms with Crippen LogP contribution in [0.1, 0.15) is 16.7 Å². The van der Waals surface area contributed by atoms with E-state index in [0.29, 0.717) is 69.9 Å². The molecular formula is C33H39NO13S. The summed E-state index contributed by atoms with van der Waals surface area (Å²) in [7, 11) is 4.63. The normalized spacial score (nSPS) is 16.7. The van der Waals surface area contributed by atoms with Crippen LogP contribution in [0.3, 0.4) is 0 Å². The summed E-state index contributed by atoms with van der Waals surface area (Å²) in [6.45, 7) is 0.666. The summed E-state index contributed by atoms with van der Waals surface area (Å²) in [5.74, 6) is -0.231. The van der Waals surface area contributed by atoms with Gasteiger partial charge in [0.15, 0.2) is 23.0 Å². The standard InChI is InChI=1S/C31H33NO9.C2H6O4S/c1-32(2)12-13-38-27-16-19(15-26(36-4)29(27)37-5)14-23-28(20-6-11-24-25(17-20)40-18-39-24)30(33)41-31(23,34)21-7-9-22(35-3)10-8-21;3-1-2-7(4,5)6/h6-11,15-17,34H,12-14,18H2,1-5H3;3H,1-2H2,(H,4,5,6). The monoisotopic (exact) mass is 689 g/mol. The summed E-state index contributed by atoms with van der Waals surface area (Å²) in [5, 5.41) is 19.9. The highest BCUT2D eigenvalue weighted by atomic mass is 32.2. The van der Waals surface area contributed by atoms with E-state index in [9.17, 15) is 18.3 Å². The highest BCUT2D eigenvalue weighted by Crippen LogP contribution is 2.48. The van der Waals surface area contributed by atoms with Crippen molar-refractivity contribution in [3.8, 4) is 34.5 Å². The van der Waals surface area contributed by atoms with Crippen molar-refractivity contribution in [3.63, 3.8) is 0 Å². The maximum atomic E-state index is 13.5. The van der Waals surface area contributed by atoms with E-state index in [1.807, 2.05) is 25.1 Å². The molecular weight excluding hydrogens is 650 g/mol. The van der Waals surface area contributed by atoms with E-state index in [2.05, 4.69) is 0 Å². The zero-order chi connectivity index (χ0) is 35.1. The topological polar surface area (TPSA) is 180 Å². The Labute approximate surface area is 278 Å². The van der Waals surface area contributed by atoms with Gasteiger partial charge in [-0.05, 0) is 73.8 Å². The Morgan fingerprint density at radius 2 is 1.60 bits per heavy atom. The molecule has 2 heterocycles. The molecule has 3 N–H and O–H groups in total. The number of likely N-dealkylation sites (N-methyl/N-ethyl adjacent to an activating group) is 1. The van der Waals surface area contributed by atoms with Gasteiger partial charge in [0.2, 0.25) is 12.5 Å². The van der Waals surface area contributed by atoms with Crippen molar-refractivity contribution >= 4 is 21.7 Å². The van der Waals surface area contributed by atoms with Gasteiger partial charge in [0.1, 0.15) is 12.4 Å². The molecule has 0 amide bonds. The van der Waals surface area contributed by atoms with Gasteiger partial charge in [-0.2, -0.15) is 8.42 Å². The van der Waals surface area contributed by atoms with Gasteiger partial charge in [0.05, 0.1) is 39.3 Å². The molecule has 2 aliphatic heterocycles. The molecule has 0 bridgehead atoms. The van der Waals surface area contributed by atoms with Gasteiger partial charge in [-0.1, -0.05) is 6.07 Å². The number of cyclic esters (lactones) is 1. The second-order valence-electron chi connectivity index (χ2n) is 10.9. The fourth-order valence-electron chi connectivity index (χ4n) is 4.99. The van der Waals surface area contributed by atoms with Crippen molar-refractivity contribution in [1.82, 2.24) is 4.90 Å². The summed E-state index contributed by atoms with van der Waals surface area (Å²) >= 11 is 0. The first-order valence-corrected chi connectivity index (χ1v) is 16.3. The van der Waals surface area contributed by atoms with E-state index in [0.717, 1.165) is 0 Å². The summed E-state index contributed by atoms with van der Waals surface area (Å²) in [6.07, 6.45) is 0.127. The van der Waals surface area contributed by atoms with Crippen molar-refractivity contribution in [2.75, 3.05) is 67.7 Å². The van der Waals surface area contributed by atoms with Gasteiger partial charge in [-0.3, -0.25) is 4.55 Å². The van der Waals surface area contributed by atoms with Crippen molar-refractivity contribution in [2.45, 2.75) is 12.2 Å². The third kappa shape index (κ3) is 8.48.